The first-order valence-corrected chi connectivity index (χ1v) is 6.44. The number of para-hydroxylation sites is 1. The summed E-state index contributed by atoms with van der Waals surface area (Å²) in [6.45, 7) is 6.74. The molecule has 1 unspecified atom stereocenters. The Morgan fingerprint density at radius 2 is 1.94 bits per heavy atom. The second kappa shape index (κ2) is 6.74. The summed E-state index contributed by atoms with van der Waals surface area (Å²) in [5.74, 6) is -0.0597. The summed E-state index contributed by atoms with van der Waals surface area (Å²) in [4.78, 5) is 0. The Balaban J connectivity index is 2.21. The fourth-order valence-corrected chi connectivity index (χ4v) is 1.87. The summed E-state index contributed by atoms with van der Waals surface area (Å²) < 4.78 is 18.6. The van der Waals surface area contributed by atoms with Crippen LogP contribution in [0.5, 0.6) is 5.75 Å². The number of halogens is 1. The Bertz CT molecular complexity index is 358. The van der Waals surface area contributed by atoms with Gasteiger partial charge in [-0.05, 0) is 36.8 Å². The predicted molar refractivity (Wildman–Crippen MR) is 71.2 cm³/mol. The average molecular weight is 254 g/mol. The largest absolute Gasteiger partial charge is 0.491 e. The van der Waals surface area contributed by atoms with Crippen LogP contribution < -0.4 is 4.74 Å². The zero-order chi connectivity index (χ0) is 13.6. The van der Waals surface area contributed by atoms with Gasteiger partial charge in [-0.3, -0.25) is 0 Å². The lowest BCUT2D eigenvalue weighted by Crippen LogP contribution is -2.18. The van der Waals surface area contributed by atoms with Gasteiger partial charge in [0.25, 0.3) is 0 Å². The molecule has 0 heterocycles. The van der Waals surface area contributed by atoms with Crippen LogP contribution in [-0.4, -0.2) is 17.8 Å². The van der Waals surface area contributed by atoms with E-state index < -0.39 is 0 Å². The van der Waals surface area contributed by atoms with Crippen molar-refractivity contribution in [2.24, 2.45) is 5.41 Å². The van der Waals surface area contributed by atoms with E-state index >= 15 is 0 Å². The minimum absolute atomic E-state index is 0.131. The molecule has 1 atom stereocenters. The van der Waals surface area contributed by atoms with Gasteiger partial charge in [-0.1, -0.05) is 32.9 Å². The summed E-state index contributed by atoms with van der Waals surface area (Å²) in [6, 6.07) is 6.37. The standard InChI is InChI=1S/C15H23FO2/c1-15(2,3)11-12(17)7-6-10-18-14-9-5-4-8-13(14)16/h4-5,8-9,12,17H,6-7,10-11H2,1-3H3. The van der Waals surface area contributed by atoms with Gasteiger partial charge in [-0.15, -0.1) is 0 Å². The van der Waals surface area contributed by atoms with E-state index in [1.54, 1.807) is 18.2 Å². The first-order chi connectivity index (χ1) is 8.38. The van der Waals surface area contributed by atoms with Gasteiger partial charge >= 0.3 is 0 Å². The maximum absolute atomic E-state index is 13.2. The fourth-order valence-electron chi connectivity index (χ4n) is 1.87. The highest BCUT2D eigenvalue weighted by molar-refractivity contribution is 5.23. The number of hydrogen-bond acceptors (Lipinski definition) is 2. The van der Waals surface area contributed by atoms with Crippen LogP contribution in [0.15, 0.2) is 24.3 Å². The molecule has 1 aromatic rings. The zero-order valence-electron chi connectivity index (χ0n) is 11.4. The smallest absolute Gasteiger partial charge is 0.165 e. The molecule has 0 bridgehead atoms. The van der Waals surface area contributed by atoms with Gasteiger partial charge < -0.3 is 9.84 Å². The van der Waals surface area contributed by atoms with Gasteiger partial charge in [0.15, 0.2) is 11.6 Å². The molecule has 0 aliphatic carbocycles. The van der Waals surface area contributed by atoms with Gasteiger partial charge in [0.05, 0.1) is 12.7 Å². The Labute approximate surface area is 109 Å². The molecule has 3 heteroatoms. The molecule has 1 aromatic carbocycles. The van der Waals surface area contributed by atoms with E-state index in [0.29, 0.717) is 13.0 Å². The van der Waals surface area contributed by atoms with E-state index in [4.69, 9.17) is 4.74 Å². The lowest BCUT2D eigenvalue weighted by Gasteiger charge is -2.22. The van der Waals surface area contributed by atoms with Gasteiger partial charge in [0, 0.05) is 0 Å². The number of rotatable bonds is 6. The molecule has 18 heavy (non-hydrogen) atoms. The molecule has 1 rings (SSSR count). The zero-order valence-corrected chi connectivity index (χ0v) is 11.4. The molecule has 0 amide bonds. The molecule has 0 aromatic heterocycles. The number of hydrogen-bond donors (Lipinski definition) is 1. The molecule has 0 aliphatic heterocycles. The number of aliphatic hydroxyl groups excluding tert-OH is 1. The average Bonchev–Trinajstić information content (AvgIpc) is 2.24. The Morgan fingerprint density at radius 1 is 1.28 bits per heavy atom. The van der Waals surface area contributed by atoms with Crippen molar-refractivity contribution in [2.45, 2.75) is 46.1 Å². The molecule has 0 aliphatic rings. The first kappa shape index (κ1) is 15.0. The van der Waals surface area contributed by atoms with Crippen LogP contribution in [0, 0.1) is 11.2 Å². The lowest BCUT2D eigenvalue weighted by atomic mass is 9.88. The van der Waals surface area contributed by atoms with Crippen LogP contribution in [0.1, 0.15) is 40.0 Å². The molecule has 0 saturated carbocycles. The molecular formula is C15H23FO2. The van der Waals surface area contributed by atoms with Crippen molar-refractivity contribution in [3.63, 3.8) is 0 Å². The van der Waals surface area contributed by atoms with Gasteiger partial charge in [0.2, 0.25) is 0 Å². The first-order valence-electron chi connectivity index (χ1n) is 6.44. The van der Waals surface area contributed by atoms with Gasteiger partial charge in [-0.2, -0.15) is 0 Å². The van der Waals surface area contributed by atoms with E-state index in [2.05, 4.69) is 20.8 Å². The minimum atomic E-state index is -0.340. The molecule has 102 valence electrons. The quantitative estimate of drug-likeness (QED) is 0.783. The van der Waals surface area contributed by atoms with E-state index in [1.165, 1.54) is 6.07 Å². The number of benzene rings is 1. The van der Waals surface area contributed by atoms with E-state index in [-0.39, 0.29) is 23.1 Å². The van der Waals surface area contributed by atoms with Crippen molar-refractivity contribution < 1.29 is 14.2 Å². The van der Waals surface area contributed by atoms with Gasteiger partial charge in [0.1, 0.15) is 0 Å². The van der Waals surface area contributed by atoms with E-state index in [9.17, 15) is 9.50 Å². The van der Waals surface area contributed by atoms with Crippen molar-refractivity contribution in [1.82, 2.24) is 0 Å². The lowest BCUT2D eigenvalue weighted by molar-refractivity contribution is 0.105. The van der Waals surface area contributed by atoms with Crippen LogP contribution >= 0.6 is 0 Å². The second-order valence-corrected chi connectivity index (χ2v) is 5.84. The molecule has 1 N–H and O–H groups in total. The Kier molecular flexibility index (Phi) is 5.60. The minimum Gasteiger partial charge on any atom is -0.491 e. The summed E-state index contributed by atoms with van der Waals surface area (Å²) >= 11 is 0. The van der Waals surface area contributed by atoms with Crippen LogP contribution in [0.2, 0.25) is 0 Å². The highest BCUT2D eigenvalue weighted by Gasteiger charge is 2.16. The van der Waals surface area contributed by atoms with Crippen molar-refractivity contribution in [1.29, 1.82) is 0 Å². The van der Waals surface area contributed by atoms with Crippen LogP contribution in [0.4, 0.5) is 4.39 Å². The maximum Gasteiger partial charge on any atom is 0.165 e. The number of aliphatic hydroxyl groups is 1. The maximum atomic E-state index is 13.2. The Morgan fingerprint density at radius 3 is 2.56 bits per heavy atom. The van der Waals surface area contributed by atoms with Crippen molar-refractivity contribution in [3.8, 4) is 5.75 Å². The summed E-state index contributed by atoms with van der Waals surface area (Å²) in [5.41, 5.74) is 0.131. The number of ether oxygens (including phenoxy) is 1. The van der Waals surface area contributed by atoms with Crippen LogP contribution in [0.25, 0.3) is 0 Å². The topological polar surface area (TPSA) is 29.5 Å². The van der Waals surface area contributed by atoms with Gasteiger partial charge in [-0.25, -0.2) is 4.39 Å². The highest BCUT2D eigenvalue weighted by Crippen LogP contribution is 2.22. The van der Waals surface area contributed by atoms with Crippen molar-refractivity contribution >= 4 is 0 Å². The van der Waals surface area contributed by atoms with Crippen molar-refractivity contribution in [3.05, 3.63) is 30.1 Å². The second-order valence-electron chi connectivity index (χ2n) is 5.84. The molecule has 0 radical (unpaired) electrons. The highest BCUT2D eigenvalue weighted by atomic mass is 19.1. The third-order valence-corrected chi connectivity index (χ3v) is 2.62. The predicted octanol–water partition coefficient (Wildman–Crippen LogP) is 3.78. The summed E-state index contributed by atoms with van der Waals surface area (Å²) in [5, 5.41) is 9.81. The van der Waals surface area contributed by atoms with Crippen LogP contribution in [0.3, 0.4) is 0 Å². The molecule has 0 spiro atoms. The third-order valence-electron chi connectivity index (χ3n) is 2.62. The fraction of sp³-hybridized carbons (Fsp3) is 0.600. The van der Waals surface area contributed by atoms with E-state index in [1.807, 2.05) is 0 Å². The Hall–Kier alpha value is -1.09. The summed E-state index contributed by atoms with van der Waals surface area (Å²) in [6.07, 6.45) is 1.87. The molecule has 0 saturated heterocycles. The summed E-state index contributed by atoms with van der Waals surface area (Å²) in [7, 11) is 0. The van der Waals surface area contributed by atoms with Crippen LogP contribution in [-0.2, 0) is 0 Å². The normalized spacial score (nSPS) is 13.4. The monoisotopic (exact) mass is 254 g/mol. The van der Waals surface area contributed by atoms with Crippen molar-refractivity contribution in [2.75, 3.05) is 6.61 Å². The molecular weight excluding hydrogens is 231 g/mol. The van der Waals surface area contributed by atoms with E-state index in [0.717, 1.165) is 12.8 Å². The molecule has 2 nitrogen and oxygen atoms in total. The molecule has 0 fully saturated rings. The third kappa shape index (κ3) is 6.01. The SMILES string of the molecule is CC(C)(C)CC(O)CCCOc1ccccc1F.